The lowest BCUT2D eigenvalue weighted by Crippen LogP contribution is -2.01. The number of ether oxygens (including phenoxy) is 1. The Morgan fingerprint density at radius 2 is 2.11 bits per heavy atom. The predicted octanol–water partition coefficient (Wildman–Crippen LogP) is 4.53. The van der Waals surface area contributed by atoms with E-state index in [0.29, 0.717) is 23.2 Å². The van der Waals surface area contributed by atoms with Crippen LogP contribution in [0.2, 0.25) is 0 Å². The average molecular weight is 270 g/mol. The molecule has 0 amide bonds. The van der Waals surface area contributed by atoms with E-state index in [1.807, 2.05) is 6.07 Å². The molecule has 18 heavy (non-hydrogen) atoms. The molecule has 0 spiro atoms. The van der Waals surface area contributed by atoms with Gasteiger partial charge in [0.2, 0.25) is 0 Å². The number of hydrogen-bond acceptors (Lipinski definition) is 3. The van der Waals surface area contributed by atoms with Crippen LogP contribution in [-0.2, 0) is 0 Å². The highest BCUT2D eigenvalue weighted by Gasteiger charge is 2.18. The molecule has 0 fully saturated rings. The summed E-state index contributed by atoms with van der Waals surface area (Å²) in [4.78, 5) is 12.5. The van der Waals surface area contributed by atoms with Gasteiger partial charge in [0, 0.05) is 4.88 Å². The van der Waals surface area contributed by atoms with Gasteiger partial charge in [0.05, 0.1) is 6.61 Å². The molecule has 0 atom stereocenters. The van der Waals surface area contributed by atoms with Gasteiger partial charge in [0.25, 0.3) is 0 Å². The van der Waals surface area contributed by atoms with Gasteiger partial charge in [-0.25, -0.2) is 4.79 Å². The Balaban J connectivity index is 2.60. The Morgan fingerprint density at radius 3 is 2.67 bits per heavy atom. The van der Waals surface area contributed by atoms with Gasteiger partial charge in [-0.1, -0.05) is 40.0 Å². The minimum absolute atomic E-state index is 0.328. The summed E-state index contributed by atoms with van der Waals surface area (Å²) in [6.45, 7) is 6.89. The first-order valence-corrected chi connectivity index (χ1v) is 7.37. The maximum absolute atomic E-state index is 11.1. The van der Waals surface area contributed by atoms with E-state index in [1.54, 1.807) is 0 Å². The molecule has 0 saturated heterocycles. The van der Waals surface area contributed by atoms with Crippen molar-refractivity contribution in [2.75, 3.05) is 6.61 Å². The van der Waals surface area contributed by atoms with Crippen LogP contribution in [0.5, 0.6) is 5.75 Å². The third-order valence-electron chi connectivity index (χ3n) is 2.74. The zero-order chi connectivity index (χ0) is 13.5. The van der Waals surface area contributed by atoms with Crippen molar-refractivity contribution in [3.05, 3.63) is 15.8 Å². The molecule has 0 saturated carbocycles. The standard InChI is InChI=1S/C14H22O3S/c1-4-5-6-7-8-17-11-9-12(10(2)3)18-13(11)14(15)16/h9-10H,4-8H2,1-3H3,(H,15,16). The van der Waals surface area contributed by atoms with E-state index < -0.39 is 5.97 Å². The lowest BCUT2D eigenvalue weighted by Gasteiger charge is -2.04. The van der Waals surface area contributed by atoms with Crippen LogP contribution < -0.4 is 4.74 Å². The van der Waals surface area contributed by atoms with Crippen molar-refractivity contribution in [2.24, 2.45) is 0 Å². The van der Waals surface area contributed by atoms with E-state index in [4.69, 9.17) is 9.84 Å². The molecule has 0 bridgehead atoms. The summed E-state index contributed by atoms with van der Waals surface area (Å²) >= 11 is 1.32. The first-order valence-electron chi connectivity index (χ1n) is 6.56. The second-order valence-corrected chi connectivity index (χ2v) is 5.79. The molecule has 1 heterocycles. The van der Waals surface area contributed by atoms with Crippen LogP contribution in [0.25, 0.3) is 0 Å². The summed E-state index contributed by atoms with van der Waals surface area (Å²) < 4.78 is 5.61. The topological polar surface area (TPSA) is 46.5 Å². The van der Waals surface area contributed by atoms with Crippen LogP contribution in [0.1, 0.15) is 66.9 Å². The van der Waals surface area contributed by atoms with Crippen LogP contribution in [-0.4, -0.2) is 17.7 Å². The van der Waals surface area contributed by atoms with E-state index >= 15 is 0 Å². The molecule has 0 radical (unpaired) electrons. The maximum atomic E-state index is 11.1. The van der Waals surface area contributed by atoms with Crippen molar-refractivity contribution >= 4 is 17.3 Å². The van der Waals surface area contributed by atoms with Gasteiger partial charge in [-0.05, 0) is 18.4 Å². The Morgan fingerprint density at radius 1 is 1.39 bits per heavy atom. The summed E-state index contributed by atoms with van der Waals surface area (Å²) in [6, 6.07) is 1.87. The molecule has 1 aromatic heterocycles. The SMILES string of the molecule is CCCCCCOc1cc(C(C)C)sc1C(=O)O. The molecule has 0 aromatic carbocycles. The molecule has 1 N–H and O–H groups in total. The highest BCUT2D eigenvalue weighted by Crippen LogP contribution is 2.33. The molecule has 0 aliphatic rings. The Labute approximate surface area is 113 Å². The minimum Gasteiger partial charge on any atom is -0.492 e. The van der Waals surface area contributed by atoms with Gasteiger partial charge < -0.3 is 9.84 Å². The van der Waals surface area contributed by atoms with Gasteiger partial charge in [0.15, 0.2) is 4.88 Å². The normalized spacial score (nSPS) is 10.9. The van der Waals surface area contributed by atoms with Crippen LogP contribution in [0.15, 0.2) is 6.07 Å². The maximum Gasteiger partial charge on any atom is 0.349 e. The third kappa shape index (κ3) is 4.33. The number of carbonyl (C=O) groups is 1. The summed E-state index contributed by atoms with van der Waals surface area (Å²) in [6.07, 6.45) is 4.52. The third-order valence-corrected chi connectivity index (χ3v) is 4.14. The number of carboxylic acids is 1. The number of thiophene rings is 1. The van der Waals surface area contributed by atoms with E-state index in [9.17, 15) is 4.79 Å². The Hall–Kier alpha value is -1.03. The van der Waals surface area contributed by atoms with Crippen molar-refractivity contribution in [3.8, 4) is 5.75 Å². The fourth-order valence-corrected chi connectivity index (χ4v) is 2.59. The van der Waals surface area contributed by atoms with Crippen molar-refractivity contribution in [2.45, 2.75) is 52.4 Å². The first-order chi connectivity index (χ1) is 8.56. The highest BCUT2D eigenvalue weighted by molar-refractivity contribution is 7.14. The summed E-state index contributed by atoms with van der Waals surface area (Å²) in [7, 11) is 0. The number of aromatic carboxylic acids is 1. The summed E-state index contributed by atoms with van der Waals surface area (Å²) in [5.41, 5.74) is 0. The fourth-order valence-electron chi connectivity index (χ4n) is 1.64. The van der Waals surface area contributed by atoms with E-state index in [0.717, 1.165) is 17.7 Å². The van der Waals surface area contributed by atoms with Crippen molar-refractivity contribution in [1.29, 1.82) is 0 Å². The average Bonchev–Trinajstić information content (AvgIpc) is 2.73. The molecule has 1 rings (SSSR count). The van der Waals surface area contributed by atoms with E-state index in [1.165, 1.54) is 24.2 Å². The van der Waals surface area contributed by atoms with Gasteiger partial charge in [-0.2, -0.15) is 0 Å². The van der Waals surface area contributed by atoms with Crippen LogP contribution in [0.3, 0.4) is 0 Å². The number of rotatable bonds is 8. The molecular formula is C14H22O3S. The molecule has 0 aliphatic heterocycles. The van der Waals surface area contributed by atoms with Crippen molar-refractivity contribution < 1.29 is 14.6 Å². The molecule has 3 nitrogen and oxygen atoms in total. The number of hydrogen-bond donors (Lipinski definition) is 1. The smallest absolute Gasteiger partial charge is 0.349 e. The summed E-state index contributed by atoms with van der Waals surface area (Å²) in [5, 5.41) is 9.13. The van der Waals surface area contributed by atoms with E-state index in [-0.39, 0.29) is 0 Å². The zero-order valence-electron chi connectivity index (χ0n) is 11.4. The van der Waals surface area contributed by atoms with Crippen LogP contribution in [0.4, 0.5) is 0 Å². The fraction of sp³-hybridized carbons (Fsp3) is 0.643. The van der Waals surface area contributed by atoms with E-state index in [2.05, 4.69) is 20.8 Å². The lowest BCUT2D eigenvalue weighted by atomic mass is 10.2. The lowest BCUT2D eigenvalue weighted by molar-refractivity contribution is 0.0698. The monoisotopic (exact) mass is 270 g/mol. The molecule has 0 unspecified atom stereocenters. The predicted molar refractivity (Wildman–Crippen MR) is 75.0 cm³/mol. The van der Waals surface area contributed by atoms with Crippen molar-refractivity contribution in [3.63, 3.8) is 0 Å². The van der Waals surface area contributed by atoms with Gasteiger partial charge in [-0.3, -0.25) is 0 Å². The van der Waals surface area contributed by atoms with Crippen LogP contribution >= 0.6 is 11.3 Å². The largest absolute Gasteiger partial charge is 0.492 e. The highest BCUT2D eigenvalue weighted by atomic mass is 32.1. The van der Waals surface area contributed by atoms with Crippen molar-refractivity contribution in [1.82, 2.24) is 0 Å². The second kappa shape index (κ2) is 7.41. The minimum atomic E-state index is -0.893. The summed E-state index contributed by atoms with van der Waals surface area (Å²) in [5.74, 6) is -0.0197. The molecule has 1 aromatic rings. The zero-order valence-corrected chi connectivity index (χ0v) is 12.2. The number of unbranched alkanes of at least 4 members (excludes halogenated alkanes) is 3. The molecule has 102 valence electrons. The first kappa shape index (κ1) is 15.0. The molecule has 0 aliphatic carbocycles. The van der Waals surface area contributed by atoms with Gasteiger partial charge in [-0.15, -0.1) is 11.3 Å². The molecular weight excluding hydrogens is 248 g/mol. The Kier molecular flexibility index (Phi) is 6.19. The molecule has 4 heteroatoms. The second-order valence-electron chi connectivity index (χ2n) is 4.71. The van der Waals surface area contributed by atoms with Gasteiger partial charge in [0.1, 0.15) is 5.75 Å². The Bertz CT molecular complexity index is 382. The number of carboxylic acid groups (broad SMARTS) is 1. The van der Waals surface area contributed by atoms with Gasteiger partial charge >= 0.3 is 5.97 Å². The quantitative estimate of drug-likeness (QED) is 0.706. The van der Waals surface area contributed by atoms with Crippen LogP contribution in [0, 0.1) is 0 Å².